The Bertz CT molecular complexity index is 677. The summed E-state index contributed by atoms with van der Waals surface area (Å²) >= 11 is 0. The Morgan fingerprint density at radius 3 is 2.31 bits per heavy atom. The number of aryl methyl sites for hydroxylation is 1. The molecule has 140 valence electrons. The van der Waals surface area contributed by atoms with Crippen LogP contribution in [-0.2, 0) is 4.79 Å². The van der Waals surface area contributed by atoms with Crippen molar-refractivity contribution in [3.8, 4) is 0 Å². The topological polar surface area (TPSA) is 58.2 Å². The van der Waals surface area contributed by atoms with E-state index >= 15 is 0 Å². The zero-order chi connectivity index (χ0) is 18.3. The summed E-state index contributed by atoms with van der Waals surface area (Å²) in [6, 6.07) is 6.93. The van der Waals surface area contributed by atoms with E-state index in [0.29, 0.717) is 11.0 Å². The molecule has 0 aliphatic heterocycles. The van der Waals surface area contributed by atoms with Gasteiger partial charge in [0.05, 0.1) is 0 Å². The number of nitrogens with one attached hydrogen (secondary N) is 2. The molecule has 0 aromatic heterocycles. The molecular formula is C22H30N2O2. The third kappa shape index (κ3) is 3.51. The fourth-order valence-corrected chi connectivity index (χ4v) is 6.07. The molecule has 4 fully saturated rings. The maximum Gasteiger partial charge on any atom is 0.251 e. The van der Waals surface area contributed by atoms with Gasteiger partial charge in [-0.1, -0.05) is 17.7 Å². The Balaban J connectivity index is 1.31. The number of rotatable bonds is 5. The molecule has 1 atom stereocenters. The second-order valence-electron chi connectivity index (χ2n) is 9.20. The van der Waals surface area contributed by atoms with Crippen molar-refractivity contribution in [2.75, 3.05) is 6.54 Å². The zero-order valence-corrected chi connectivity index (χ0v) is 15.9. The van der Waals surface area contributed by atoms with Crippen LogP contribution < -0.4 is 10.6 Å². The maximum atomic E-state index is 12.5. The van der Waals surface area contributed by atoms with Crippen LogP contribution in [0.15, 0.2) is 24.3 Å². The summed E-state index contributed by atoms with van der Waals surface area (Å²) in [5, 5.41) is 5.98. The summed E-state index contributed by atoms with van der Waals surface area (Å²) < 4.78 is 0. The lowest BCUT2D eigenvalue weighted by Gasteiger charge is -2.57. The SMILES string of the molecule is Cc1cccc(C(=O)N[C@@H](C)C(=O)NCC23CC4CC(CC(C4)C2)C3)c1. The van der Waals surface area contributed by atoms with Crippen LogP contribution in [0.5, 0.6) is 0 Å². The Hall–Kier alpha value is -1.84. The molecule has 0 radical (unpaired) electrons. The average molecular weight is 354 g/mol. The minimum absolute atomic E-state index is 0.0678. The Labute approximate surface area is 156 Å². The maximum absolute atomic E-state index is 12.5. The molecule has 4 heteroatoms. The van der Waals surface area contributed by atoms with Crippen molar-refractivity contribution in [2.45, 2.75) is 58.4 Å². The van der Waals surface area contributed by atoms with Crippen molar-refractivity contribution < 1.29 is 9.59 Å². The van der Waals surface area contributed by atoms with Gasteiger partial charge in [-0.05, 0) is 87.7 Å². The third-order valence-electron chi connectivity index (χ3n) is 6.82. The lowest BCUT2D eigenvalue weighted by molar-refractivity contribution is -0.124. The Kier molecular flexibility index (Phi) is 4.54. The van der Waals surface area contributed by atoms with E-state index in [0.717, 1.165) is 29.9 Å². The summed E-state index contributed by atoms with van der Waals surface area (Å²) in [5.41, 5.74) is 1.97. The highest BCUT2D eigenvalue weighted by Crippen LogP contribution is 2.59. The number of carbonyl (C=O) groups excluding carboxylic acids is 2. The minimum Gasteiger partial charge on any atom is -0.354 e. The second-order valence-corrected chi connectivity index (χ2v) is 9.20. The summed E-state index contributed by atoms with van der Waals surface area (Å²) in [7, 11) is 0. The van der Waals surface area contributed by atoms with Gasteiger partial charge in [0, 0.05) is 12.1 Å². The van der Waals surface area contributed by atoms with E-state index in [2.05, 4.69) is 10.6 Å². The highest BCUT2D eigenvalue weighted by molar-refractivity contribution is 5.97. The normalized spacial score (nSPS) is 32.9. The predicted molar refractivity (Wildman–Crippen MR) is 102 cm³/mol. The number of carbonyl (C=O) groups is 2. The number of amides is 2. The molecule has 0 unspecified atom stereocenters. The van der Waals surface area contributed by atoms with Gasteiger partial charge < -0.3 is 10.6 Å². The summed E-state index contributed by atoms with van der Waals surface area (Å²) in [4.78, 5) is 24.9. The van der Waals surface area contributed by atoms with Crippen molar-refractivity contribution >= 4 is 11.8 Å². The van der Waals surface area contributed by atoms with Crippen LogP contribution in [0.2, 0.25) is 0 Å². The van der Waals surface area contributed by atoms with Crippen molar-refractivity contribution in [2.24, 2.45) is 23.2 Å². The van der Waals surface area contributed by atoms with Gasteiger partial charge in [0.2, 0.25) is 5.91 Å². The van der Waals surface area contributed by atoms with Gasteiger partial charge in [-0.25, -0.2) is 0 Å². The molecule has 5 rings (SSSR count). The van der Waals surface area contributed by atoms with Gasteiger partial charge in [-0.3, -0.25) is 9.59 Å². The molecular weight excluding hydrogens is 324 g/mol. The van der Waals surface area contributed by atoms with Crippen molar-refractivity contribution in [1.82, 2.24) is 10.6 Å². The molecule has 4 nitrogen and oxygen atoms in total. The van der Waals surface area contributed by atoms with Gasteiger partial charge >= 0.3 is 0 Å². The average Bonchev–Trinajstić information content (AvgIpc) is 2.58. The summed E-state index contributed by atoms with van der Waals surface area (Å²) in [5.74, 6) is 2.40. The number of hydrogen-bond acceptors (Lipinski definition) is 2. The quantitative estimate of drug-likeness (QED) is 0.851. The molecule has 2 amide bonds. The first kappa shape index (κ1) is 17.6. The molecule has 0 heterocycles. The van der Waals surface area contributed by atoms with Gasteiger partial charge in [0.15, 0.2) is 0 Å². The summed E-state index contributed by atoms with van der Waals surface area (Å²) in [6.07, 6.45) is 8.08. The van der Waals surface area contributed by atoms with Gasteiger partial charge in [0.1, 0.15) is 6.04 Å². The fourth-order valence-electron chi connectivity index (χ4n) is 6.07. The van der Waals surface area contributed by atoms with E-state index in [1.54, 1.807) is 13.0 Å². The standard InChI is InChI=1S/C22H30N2O2/c1-14-4-3-5-19(6-14)21(26)24-15(2)20(25)23-13-22-10-16-7-17(11-22)9-18(8-16)12-22/h3-6,15-18H,7-13H2,1-2H3,(H,23,25)(H,24,26)/t15-,16?,17?,18?,22?/m0/s1. The number of hydrogen-bond donors (Lipinski definition) is 2. The predicted octanol–water partition coefficient (Wildman–Crippen LogP) is 3.45. The molecule has 4 bridgehead atoms. The van der Waals surface area contributed by atoms with Crippen LogP contribution in [0.25, 0.3) is 0 Å². The lowest BCUT2D eigenvalue weighted by atomic mass is 9.49. The van der Waals surface area contributed by atoms with E-state index in [4.69, 9.17) is 0 Å². The Morgan fingerprint density at radius 1 is 1.12 bits per heavy atom. The molecule has 1 aromatic carbocycles. The zero-order valence-electron chi connectivity index (χ0n) is 15.9. The molecule has 26 heavy (non-hydrogen) atoms. The van der Waals surface area contributed by atoms with E-state index in [-0.39, 0.29) is 11.8 Å². The van der Waals surface area contributed by atoms with Crippen LogP contribution in [0.1, 0.15) is 61.4 Å². The first-order valence-electron chi connectivity index (χ1n) is 10.1. The first-order chi connectivity index (χ1) is 12.4. The van der Waals surface area contributed by atoms with Crippen LogP contribution in [0.4, 0.5) is 0 Å². The third-order valence-corrected chi connectivity index (χ3v) is 6.82. The van der Waals surface area contributed by atoms with Gasteiger partial charge in [-0.2, -0.15) is 0 Å². The number of benzene rings is 1. The van der Waals surface area contributed by atoms with Crippen LogP contribution in [0.3, 0.4) is 0 Å². The monoisotopic (exact) mass is 354 g/mol. The molecule has 0 saturated heterocycles. The highest BCUT2D eigenvalue weighted by Gasteiger charge is 2.50. The van der Waals surface area contributed by atoms with Gasteiger partial charge in [-0.15, -0.1) is 0 Å². The van der Waals surface area contributed by atoms with Crippen molar-refractivity contribution in [1.29, 1.82) is 0 Å². The summed E-state index contributed by atoms with van der Waals surface area (Å²) in [6.45, 7) is 4.50. The Morgan fingerprint density at radius 2 is 1.73 bits per heavy atom. The highest BCUT2D eigenvalue weighted by atomic mass is 16.2. The lowest BCUT2D eigenvalue weighted by Crippen LogP contribution is -2.53. The van der Waals surface area contributed by atoms with E-state index in [1.165, 1.54) is 38.5 Å². The van der Waals surface area contributed by atoms with E-state index < -0.39 is 6.04 Å². The molecule has 0 spiro atoms. The minimum atomic E-state index is -0.517. The van der Waals surface area contributed by atoms with Crippen LogP contribution in [0, 0.1) is 30.1 Å². The van der Waals surface area contributed by atoms with Gasteiger partial charge in [0.25, 0.3) is 5.91 Å². The first-order valence-corrected chi connectivity index (χ1v) is 10.1. The van der Waals surface area contributed by atoms with E-state index in [1.807, 2.05) is 25.1 Å². The van der Waals surface area contributed by atoms with Crippen LogP contribution in [-0.4, -0.2) is 24.4 Å². The molecule has 2 N–H and O–H groups in total. The van der Waals surface area contributed by atoms with Crippen molar-refractivity contribution in [3.63, 3.8) is 0 Å². The molecule has 4 aliphatic rings. The van der Waals surface area contributed by atoms with E-state index in [9.17, 15) is 9.59 Å². The largest absolute Gasteiger partial charge is 0.354 e. The molecule has 4 saturated carbocycles. The smallest absolute Gasteiger partial charge is 0.251 e. The van der Waals surface area contributed by atoms with Crippen LogP contribution >= 0.6 is 0 Å². The molecule has 1 aromatic rings. The molecule has 4 aliphatic carbocycles. The second kappa shape index (κ2) is 6.71. The fraction of sp³-hybridized carbons (Fsp3) is 0.636. The van der Waals surface area contributed by atoms with Crippen molar-refractivity contribution in [3.05, 3.63) is 35.4 Å².